The Morgan fingerprint density at radius 3 is 2.73 bits per heavy atom. The molecule has 0 aromatic carbocycles. The number of amides is 4. The zero-order chi connectivity index (χ0) is 35.2. The van der Waals surface area contributed by atoms with E-state index in [0.29, 0.717) is 36.8 Å². The third-order valence-electron chi connectivity index (χ3n) is 12.0. The van der Waals surface area contributed by atoms with E-state index in [1.807, 2.05) is 13.8 Å². The molecule has 5 N–H and O–H groups in total. The molecular weight excluding hydrogens is 637 g/mol. The molecule has 3 aliphatic carbocycles. The summed E-state index contributed by atoms with van der Waals surface area (Å²) in [6.45, 7) is 14.3. The van der Waals surface area contributed by atoms with Gasteiger partial charge in [-0.3, -0.25) is 9.59 Å². The normalized spacial score (nSPS) is 33.6. The van der Waals surface area contributed by atoms with E-state index < -0.39 is 5.60 Å². The van der Waals surface area contributed by atoms with Crippen LogP contribution in [0.5, 0.6) is 0 Å². The number of ether oxygens (including phenoxy) is 1. The number of urea groups is 1. The number of rotatable bonds is 15. The van der Waals surface area contributed by atoms with Crippen molar-refractivity contribution in [2.45, 2.75) is 146 Å². The lowest BCUT2D eigenvalue weighted by Crippen LogP contribution is -2.38. The molecule has 4 amide bonds. The molecule has 274 valence electrons. The molecule has 5 unspecified atom stereocenters. The first-order valence-electron chi connectivity index (χ1n) is 19.0. The Hall–Kier alpha value is -2.30. The number of aliphatic hydroxyl groups is 1. The van der Waals surface area contributed by atoms with Gasteiger partial charge in [0.2, 0.25) is 11.8 Å². The highest BCUT2D eigenvalue weighted by atomic mass is 32.2. The highest BCUT2D eigenvalue weighted by Gasteiger charge is 2.50. The molecule has 0 bridgehead atoms. The van der Waals surface area contributed by atoms with E-state index in [9.17, 15) is 19.5 Å². The summed E-state index contributed by atoms with van der Waals surface area (Å²) in [7, 11) is 0. The van der Waals surface area contributed by atoms with Crippen molar-refractivity contribution >= 4 is 29.6 Å². The van der Waals surface area contributed by atoms with Crippen molar-refractivity contribution in [3.63, 3.8) is 0 Å². The van der Waals surface area contributed by atoms with Gasteiger partial charge in [0.25, 0.3) is 0 Å². The summed E-state index contributed by atoms with van der Waals surface area (Å²) in [5.74, 6) is 1.78. The van der Waals surface area contributed by atoms with Crippen LogP contribution in [0, 0.1) is 23.2 Å². The van der Waals surface area contributed by atoms with Gasteiger partial charge in [0.05, 0.1) is 29.7 Å². The molecule has 0 radical (unpaired) electrons. The number of hydrogen-bond acceptors (Lipinski definition) is 6. The van der Waals surface area contributed by atoms with Gasteiger partial charge in [-0.2, -0.15) is 0 Å². The van der Waals surface area contributed by atoms with Gasteiger partial charge < -0.3 is 31.1 Å². The predicted molar refractivity (Wildman–Crippen MR) is 197 cm³/mol. The summed E-state index contributed by atoms with van der Waals surface area (Å²) in [5.41, 5.74) is 3.98. The molecule has 49 heavy (non-hydrogen) atoms. The zero-order valence-electron chi connectivity index (χ0n) is 30.4. The predicted octanol–water partition coefficient (Wildman–Crippen LogP) is 6.28. The van der Waals surface area contributed by atoms with Crippen LogP contribution in [0.4, 0.5) is 4.79 Å². The minimum atomic E-state index is -0.570. The fraction of sp³-hybridized carbons (Fsp3) is 0.769. The Balaban J connectivity index is 0.994. The molecule has 3 saturated carbocycles. The summed E-state index contributed by atoms with van der Waals surface area (Å²) in [4.78, 5) is 36.0. The second-order valence-corrected chi connectivity index (χ2v) is 17.8. The number of fused-ring (bicyclic) bond motifs is 2. The van der Waals surface area contributed by atoms with Crippen LogP contribution in [0.1, 0.15) is 118 Å². The van der Waals surface area contributed by atoms with Gasteiger partial charge in [0, 0.05) is 24.8 Å². The van der Waals surface area contributed by atoms with Gasteiger partial charge in [0.1, 0.15) is 0 Å². The van der Waals surface area contributed by atoms with Gasteiger partial charge in [-0.15, -0.1) is 11.8 Å². The molecule has 0 aromatic rings. The number of carbonyl (C=O) groups excluding carboxylic acids is 3. The molecule has 8 atom stereocenters. The monoisotopic (exact) mass is 698 g/mol. The quantitative estimate of drug-likeness (QED) is 0.128. The fourth-order valence-electron chi connectivity index (χ4n) is 9.37. The van der Waals surface area contributed by atoms with Crippen LogP contribution in [0.3, 0.4) is 0 Å². The van der Waals surface area contributed by atoms with E-state index in [4.69, 9.17) is 4.74 Å². The van der Waals surface area contributed by atoms with Crippen molar-refractivity contribution in [2.24, 2.45) is 23.2 Å². The summed E-state index contributed by atoms with van der Waals surface area (Å²) in [5, 5.41) is 21.7. The first-order chi connectivity index (χ1) is 23.3. The van der Waals surface area contributed by atoms with Crippen LogP contribution in [-0.4, -0.2) is 71.0 Å². The van der Waals surface area contributed by atoms with Crippen molar-refractivity contribution in [3.05, 3.63) is 35.5 Å². The molecule has 5 rings (SSSR count). The third kappa shape index (κ3) is 10.4. The summed E-state index contributed by atoms with van der Waals surface area (Å²) in [6, 6.07) is -0.0726. The lowest BCUT2D eigenvalue weighted by atomic mass is 9.60. The van der Waals surface area contributed by atoms with Crippen LogP contribution in [0.25, 0.3) is 0 Å². The van der Waals surface area contributed by atoms with Gasteiger partial charge in [-0.25, -0.2) is 4.79 Å². The maximum absolute atomic E-state index is 12.3. The highest BCUT2D eigenvalue weighted by molar-refractivity contribution is 8.00. The second-order valence-electron chi connectivity index (χ2n) is 16.4. The number of hydrogen-bond donors (Lipinski definition) is 5. The van der Waals surface area contributed by atoms with E-state index in [-0.39, 0.29) is 47.2 Å². The van der Waals surface area contributed by atoms with Gasteiger partial charge in [-0.05, 0) is 113 Å². The minimum absolute atomic E-state index is 0.0262. The van der Waals surface area contributed by atoms with Crippen molar-refractivity contribution in [1.29, 1.82) is 0 Å². The largest absolute Gasteiger partial charge is 0.390 e. The van der Waals surface area contributed by atoms with Gasteiger partial charge in [-0.1, -0.05) is 56.6 Å². The Morgan fingerprint density at radius 1 is 1.14 bits per heavy atom. The molecule has 10 heteroatoms. The van der Waals surface area contributed by atoms with Crippen LogP contribution in [0.15, 0.2) is 35.5 Å². The Labute approximate surface area is 298 Å². The summed E-state index contributed by atoms with van der Waals surface area (Å²) < 4.78 is 6.25. The van der Waals surface area contributed by atoms with E-state index in [0.717, 1.165) is 50.9 Å². The molecule has 2 aliphatic heterocycles. The Morgan fingerprint density at radius 2 is 1.96 bits per heavy atom. The van der Waals surface area contributed by atoms with Gasteiger partial charge in [0.15, 0.2) is 0 Å². The molecule has 9 nitrogen and oxygen atoms in total. The van der Waals surface area contributed by atoms with Crippen LogP contribution in [-0.2, 0) is 14.3 Å². The highest BCUT2D eigenvalue weighted by Crippen LogP contribution is 2.60. The van der Waals surface area contributed by atoms with Crippen molar-refractivity contribution < 1.29 is 24.2 Å². The molecular formula is C39H62N4O5S. The standard InChI is InChI=1S/C39H62N4O5S/c1-25-11-14-29(48-20-8-19-40-35(45)24-41-34(44)23-30-22-33-36(49-30)43-37(46)42-33)21-28(25)13-12-27-10-7-18-39(5)31(15-16-32(27)39)26(2)9-6-17-38(3,4)47/h12-13,26,29-33,36,47H,1,6-11,14-24H2,2-5H3,(H,40,45)(H,41,44)(H2,42,43,46)/b27-12+,28-13-/t26-,29?,30-,31?,32?,33?,36?,39-/m1/s1. The fourth-order valence-corrected chi connectivity index (χ4v) is 10.9. The van der Waals surface area contributed by atoms with Crippen LogP contribution in [0.2, 0.25) is 0 Å². The van der Waals surface area contributed by atoms with E-state index in [1.54, 1.807) is 17.3 Å². The molecule has 0 aromatic heterocycles. The van der Waals surface area contributed by atoms with Crippen LogP contribution < -0.4 is 21.3 Å². The number of carbonyl (C=O) groups is 3. The second kappa shape index (κ2) is 16.8. The molecule has 0 spiro atoms. The first-order valence-corrected chi connectivity index (χ1v) is 19.9. The van der Waals surface area contributed by atoms with E-state index >= 15 is 0 Å². The average Bonchev–Trinajstić information content (AvgIpc) is 3.69. The first kappa shape index (κ1) is 37.9. The molecule has 5 fully saturated rings. The maximum Gasteiger partial charge on any atom is 0.316 e. The smallest absolute Gasteiger partial charge is 0.316 e. The van der Waals surface area contributed by atoms with Crippen LogP contribution >= 0.6 is 11.8 Å². The summed E-state index contributed by atoms with van der Waals surface area (Å²) in [6.07, 6.45) is 19.1. The molecule has 5 aliphatic rings. The van der Waals surface area contributed by atoms with E-state index in [2.05, 4.69) is 53.8 Å². The third-order valence-corrected chi connectivity index (χ3v) is 13.5. The minimum Gasteiger partial charge on any atom is -0.390 e. The number of allylic oxidation sites excluding steroid dienone is 4. The lowest BCUT2D eigenvalue weighted by Gasteiger charge is -2.44. The Kier molecular flexibility index (Phi) is 13.0. The van der Waals surface area contributed by atoms with Crippen molar-refractivity contribution in [2.75, 3.05) is 19.7 Å². The number of nitrogens with one attached hydrogen (secondary N) is 4. The lowest BCUT2D eigenvalue weighted by molar-refractivity contribution is -0.126. The number of thioether (sulfide) groups is 1. The van der Waals surface area contributed by atoms with Crippen molar-refractivity contribution in [1.82, 2.24) is 21.3 Å². The zero-order valence-corrected chi connectivity index (χ0v) is 31.2. The SMILES string of the molecule is C=C1CCC(OCCCNC(=O)CNC(=O)C[C@H]2CC3NC(=O)NC3S2)C/C1=C/C=C1\CCC[C@@]2(C)C1CCC2[C@H](C)CCCC(C)(C)O. The topological polar surface area (TPSA) is 129 Å². The average molecular weight is 699 g/mol. The molecule has 2 saturated heterocycles. The van der Waals surface area contributed by atoms with Crippen molar-refractivity contribution in [3.8, 4) is 0 Å². The van der Waals surface area contributed by atoms with E-state index in [1.165, 1.54) is 49.7 Å². The maximum atomic E-state index is 12.3. The molecule has 2 heterocycles. The van der Waals surface area contributed by atoms with Gasteiger partial charge >= 0.3 is 6.03 Å². The Bertz CT molecular complexity index is 1260. The summed E-state index contributed by atoms with van der Waals surface area (Å²) >= 11 is 1.61.